The Balaban J connectivity index is 1.55. The van der Waals surface area contributed by atoms with E-state index >= 15 is 0 Å². The van der Waals surface area contributed by atoms with Gasteiger partial charge in [-0.3, -0.25) is 0 Å². The number of aromatic nitrogens is 2. The van der Waals surface area contributed by atoms with Crippen molar-refractivity contribution in [3.05, 3.63) is 40.9 Å². The monoisotopic (exact) mass is 343 g/mol. The second-order valence-electron chi connectivity index (χ2n) is 6.67. The molecule has 2 fully saturated rings. The lowest BCUT2D eigenvalue weighted by Crippen LogP contribution is -2.32. The van der Waals surface area contributed by atoms with Gasteiger partial charge in [0.05, 0.1) is 0 Å². The number of halogens is 1. The van der Waals surface area contributed by atoms with Crippen LogP contribution < -0.4 is 16.0 Å². The molecule has 1 aromatic heterocycles. The van der Waals surface area contributed by atoms with Crippen LogP contribution in [0, 0.1) is 0 Å². The Morgan fingerprint density at radius 1 is 1.21 bits per heavy atom. The molecule has 0 radical (unpaired) electrons. The average Bonchev–Trinajstić information content (AvgIpc) is 3.24. The summed E-state index contributed by atoms with van der Waals surface area (Å²) in [7, 11) is 0. The maximum Gasteiger partial charge on any atom is 0.223 e. The van der Waals surface area contributed by atoms with E-state index in [2.05, 4.69) is 26.3 Å². The predicted molar refractivity (Wildman–Crippen MR) is 98.6 cm³/mol. The molecule has 1 saturated carbocycles. The summed E-state index contributed by atoms with van der Waals surface area (Å²) in [6.07, 6.45) is 5.63. The lowest BCUT2D eigenvalue weighted by Gasteiger charge is -2.26. The van der Waals surface area contributed by atoms with Gasteiger partial charge in [0.25, 0.3) is 0 Å². The van der Waals surface area contributed by atoms with Crippen LogP contribution in [0.1, 0.15) is 31.2 Å². The van der Waals surface area contributed by atoms with Gasteiger partial charge in [0.2, 0.25) is 5.95 Å². The molecule has 2 heterocycles. The summed E-state index contributed by atoms with van der Waals surface area (Å²) in [5.74, 6) is 2.09. The van der Waals surface area contributed by atoms with Gasteiger partial charge in [-0.05, 0) is 43.7 Å². The zero-order valence-corrected chi connectivity index (χ0v) is 14.3. The zero-order chi connectivity index (χ0) is 16.5. The van der Waals surface area contributed by atoms with E-state index in [1.165, 1.54) is 18.4 Å². The Morgan fingerprint density at radius 2 is 2.04 bits per heavy atom. The number of nitrogens with two attached hydrogens (primary N) is 1. The molecule has 24 heavy (non-hydrogen) atoms. The summed E-state index contributed by atoms with van der Waals surface area (Å²) < 4.78 is 0. The second-order valence-corrected chi connectivity index (χ2v) is 7.08. The van der Waals surface area contributed by atoms with Gasteiger partial charge in [0.15, 0.2) is 0 Å². The smallest absolute Gasteiger partial charge is 0.223 e. The molecule has 0 bridgehead atoms. The van der Waals surface area contributed by atoms with Crippen molar-refractivity contribution in [1.29, 1.82) is 0 Å². The van der Waals surface area contributed by atoms with Gasteiger partial charge in [-0.25, -0.2) is 0 Å². The molecule has 4 rings (SSSR count). The third kappa shape index (κ3) is 3.41. The molecule has 0 amide bonds. The molecule has 2 aliphatic rings. The standard InChI is InChI=1S/C18H22ClN5/c19-15-6-2-1-4-12(15)10-14-5-3-9-24(14)17-11-16(21-13-7-8-13)22-18(20)23-17/h1-2,4,6,11,13-14H,3,5,7-10H2,(H3,20,21,22,23)/t14-/m1/s1. The first-order valence-corrected chi connectivity index (χ1v) is 8.98. The molecule has 1 aromatic carbocycles. The van der Waals surface area contributed by atoms with Crippen molar-refractivity contribution in [1.82, 2.24) is 9.97 Å². The molecule has 126 valence electrons. The van der Waals surface area contributed by atoms with Crippen LogP contribution in [0.15, 0.2) is 30.3 Å². The first-order chi connectivity index (χ1) is 11.7. The highest BCUT2D eigenvalue weighted by molar-refractivity contribution is 6.31. The van der Waals surface area contributed by atoms with Crippen LogP contribution in [0.5, 0.6) is 0 Å². The lowest BCUT2D eigenvalue weighted by atomic mass is 10.0. The lowest BCUT2D eigenvalue weighted by molar-refractivity contribution is 0.658. The molecule has 1 saturated heterocycles. The molecule has 6 heteroatoms. The summed E-state index contributed by atoms with van der Waals surface area (Å²) in [4.78, 5) is 11.1. The normalized spacial score (nSPS) is 20.4. The zero-order valence-electron chi connectivity index (χ0n) is 13.6. The van der Waals surface area contributed by atoms with Crippen LogP contribution in [0.2, 0.25) is 5.02 Å². The number of rotatable bonds is 5. The third-order valence-electron chi connectivity index (χ3n) is 4.74. The molecule has 1 aliphatic carbocycles. The van der Waals surface area contributed by atoms with Crippen LogP contribution in [0.3, 0.4) is 0 Å². The molecule has 5 nitrogen and oxygen atoms in total. The number of nitrogens with one attached hydrogen (secondary N) is 1. The minimum Gasteiger partial charge on any atom is -0.368 e. The van der Waals surface area contributed by atoms with Gasteiger partial charge < -0.3 is 16.0 Å². The van der Waals surface area contributed by atoms with E-state index in [1.54, 1.807) is 0 Å². The van der Waals surface area contributed by atoms with Crippen molar-refractivity contribution in [3.8, 4) is 0 Å². The first-order valence-electron chi connectivity index (χ1n) is 8.60. The number of nitrogens with zero attached hydrogens (tertiary/aromatic N) is 3. The Bertz CT molecular complexity index is 731. The molecular weight excluding hydrogens is 322 g/mol. The minimum atomic E-state index is 0.332. The Labute approximate surface area is 147 Å². The van der Waals surface area contributed by atoms with Gasteiger partial charge >= 0.3 is 0 Å². The van der Waals surface area contributed by atoms with Gasteiger partial charge in [-0.2, -0.15) is 9.97 Å². The Kier molecular flexibility index (Phi) is 4.19. The van der Waals surface area contributed by atoms with Gasteiger partial charge in [-0.1, -0.05) is 29.8 Å². The van der Waals surface area contributed by atoms with E-state index in [4.69, 9.17) is 17.3 Å². The number of anilines is 3. The largest absolute Gasteiger partial charge is 0.368 e. The molecule has 1 atom stereocenters. The first kappa shape index (κ1) is 15.5. The van der Waals surface area contributed by atoms with Gasteiger partial charge in [0.1, 0.15) is 11.6 Å². The summed E-state index contributed by atoms with van der Waals surface area (Å²) in [6, 6.07) is 11.0. The molecule has 0 unspecified atom stereocenters. The summed E-state index contributed by atoms with van der Waals surface area (Å²) in [5.41, 5.74) is 7.12. The molecule has 0 spiro atoms. The topological polar surface area (TPSA) is 67.1 Å². The third-order valence-corrected chi connectivity index (χ3v) is 5.11. The number of nitrogen functional groups attached to an aromatic ring is 1. The van der Waals surface area contributed by atoms with Crippen LogP contribution in [-0.4, -0.2) is 28.6 Å². The summed E-state index contributed by atoms with van der Waals surface area (Å²) >= 11 is 6.34. The molecule has 2 aromatic rings. The number of hydrogen-bond donors (Lipinski definition) is 2. The van der Waals surface area contributed by atoms with E-state index in [0.717, 1.165) is 42.5 Å². The average molecular weight is 344 g/mol. The highest BCUT2D eigenvalue weighted by Gasteiger charge is 2.28. The molecular formula is C18H22ClN5. The summed E-state index contributed by atoms with van der Waals surface area (Å²) in [6.45, 7) is 0.994. The number of hydrogen-bond acceptors (Lipinski definition) is 5. The van der Waals surface area contributed by atoms with Crippen LogP contribution in [0.4, 0.5) is 17.6 Å². The maximum atomic E-state index is 6.34. The fourth-order valence-corrected chi connectivity index (χ4v) is 3.59. The van der Waals surface area contributed by atoms with Crippen LogP contribution >= 0.6 is 11.6 Å². The van der Waals surface area contributed by atoms with E-state index in [0.29, 0.717) is 18.0 Å². The Morgan fingerprint density at radius 3 is 2.83 bits per heavy atom. The molecule has 1 aliphatic heterocycles. The fraction of sp³-hybridized carbons (Fsp3) is 0.444. The van der Waals surface area contributed by atoms with E-state index in [-0.39, 0.29) is 0 Å². The second kappa shape index (κ2) is 6.48. The van der Waals surface area contributed by atoms with Crippen molar-refractivity contribution >= 4 is 29.2 Å². The fourth-order valence-electron chi connectivity index (χ4n) is 3.38. The SMILES string of the molecule is Nc1nc(NC2CC2)cc(N2CCC[C@@H]2Cc2ccccc2Cl)n1. The highest BCUT2D eigenvalue weighted by Crippen LogP contribution is 2.31. The predicted octanol–water partition coefficient (Wildman–Crippen LogP) is 3.50. The Hall–Kier alpha value is -2.01. The summed E-state index contributed by atoms with van der Waals surface area (Å²) in [5, 5.41) is 4.25. The highest BCUT2D eigenvalue weighted by atomic mass is 35.5. The van der Waals surface area contributed by atoms with Crippen LogP contribution in [-0.2, 0) is 6.42 Å². The van der Waals surface area contributed by atoms with Crippen molar-refractivity contribution in [3.63, 3.8) is 0 Å². The minimum absolute atomic E-state index is 0.332. The van der Waals surface area contributed by atoms with Crippen molar-refractivity contribution in [2.24, 2.45) is 0 Å². The molecule has 3 N–H and O–H groups in total. The van der Waals surface area contributed by atoms with Crippen molar-refractivity contribution in [2.75, 3.05) is 22.5 Å². The van der Waals surface area contributed by atoms with E-state index < -0.39 is 0 Å². The van der Waals surface area contributed by atoms with E-state index in [1.807, 2.05) is 24.3 Å². The van der Waals surface area contributed by atoms with E-state index in [9.17, 15) is 0 Å². The maximum absolute atomic E-state index is 6.34. The van der Waals surface area contributed by atoms with Crippen molar-refractivity contribution < 1.29 is 0 Å². The van der Waals surface area contributed by atoms with Gasteiger partial charge in [-0.15, -0.1) is 0 Å². The quantitative estimate of drug-likeness (QED) is 0.869. The number of benzene rings is 1. The van der Waals surface area contributed by atoms with Gasteiger partial charge in [0, 0.05) is 29.7 Å². The van der Waals surface area contributed by atoms with Crippen molar-refractivity contribution in [2.45, 2.75) is 44.2 Å². The van der Waals surface area contributed by atoms with Crippen LogP contribution in [0.25, 0.3) is 0 Å².